The molecule has 3 aliphatic rings. The Bertz CT molecular complexity index is 962. The number of hydrogen-bond donors (Lipinski definition) is 0. The molecule has 3 fully saturated rings. The van der Waals surface area contributed by atoms with E-state index in [4.69, 9.17) is 23.7 Å². The molecular weight excluding hydrogens is 458 g/mol. The van der Waals surface area contributed by atoms with Gasteiger partial charge >= 0.3 is 5.97 Å². The number of epoxide rings is 2. The number of allylic oxidation sites excluding steroid dienone is 1. The van der Waals surface area contributed by atoms with Crippen LogP contribution in [0.4, 0.5) is 0 Å². The lowest BCUT2D eigenvalue weighted by Gasteiger charge is -2.42. The van der Waals surface area contributed by atoms with Gasteiger partial charge in [-0.1, -0.05) is 23.8 Å². The van der Waals surface area contributed by atoms with Crippen LogP contribution in [-0.2, 0) is 23.7 Å². The van der Waals surface area contributed by atoms with Crippen molar-refractivity contribution < 1.29 is 28.5 Å². The van der Waals surface area contributed by atoms with Crippen LogP contribution in [-0.4, -0.2) is 81.3 Å². The van der Waals surface area contributed by atoms with Crippen molar-refractivity contribution in [1.82, 2.24) is 4.90 Å². The quantitative estimate of drug-likeness (QED) is 0.195. The second-order valence-electron chi connectivity index (χ2n) is 10.9. The number of nitrogens with zero attached hydrogens (tertiary/aromatic N) is 1. The SMILES string of the molecule is CO[C@H]1C([C@@]2(C)O[C@@H]2CC=C(C)C)[C@]2(CC[C@H]1OC(=O)/C=C/c1ccc(OCCN(C)C)cc1)CO2. The van der Waals surface area contributed by atoms with Crippen molar-refractivity contribution in [2.75, 3.05) is 41.0 Å². The molecule has 0 radical (unpaired) electrons. The highest BCUT2D eigenvalue weighted by molar-refractivity contribution is 5.87. The Kier molecular flexibility index (Phi) is 8.25. The van der Waals surface area contributed by atoms with Gasteiger partial charge in [0.15, 0.2) is 0 Å². The number of methoxy groups -OCH3 is 1. The van der Waals surface area contributed by atoms with Crippen LogP contribution >= 0.6 is 0 Å². The minimum Gasteiger partial charge on any atom is -0.492 e. The smallest absolute Gasteiger partial charge is 0.331 e. The van der Waals surface area contributed by atoms with Crippen LogP contribution in [0, 0.1) is 5.92 Å². The highest BCUT2D eigenvalue weighted by Gasteiger charge is 2.72. The van der Waals surface area contributed by atoms with Crippen molar-refractivity contribution in [3.05, 3.63) is 47.6 Å². The molecule has 4 rings (SSSR count). The largest absolute Gasteiger partial charge is 0.492 e. The van der Waals surface area contributed by atoms with E-state index < -0.39 is 0 Å². The number of benzene rings is 1. The van der Waals surface area contributed by atoms with Gasteiger partial charge in [-0.3, -0.25) is 0 Å². The Morgan fingerprint density at radius 1 is 1.22 bits per heavy atom. The van der Waals surface area contributed by atoms with E-state index in [0.717, 1.165) is 30.7 Å². The molecule has 2 saturated heterocycles. The summed E-state index contributed by atoms with van der Waals surface area (Å²) in [6.07, 6.45) is 7.38. The van der Waals surface area contributed by atoms with Gasteiger partial charge in [0, 0.05) is 19.7 Å². The molecule has 0 amide bonds. The highest BCUT2D eigenvalue weighted by Crippen LogP contribution is 2.59. The fraction of sp³-hybridized carbons (Fsp3) is 0.621. The van der Waals surface area contributed by atoms with E-state index in [-0.39, 0.29) is 41.4 Å². The number of carbonyl (C=O) groups excluding carboxylic acids is 1. The van der Waals surface area contributed by atoms with Gasteiger partial charge < -0.3 is 28.6 Å². The maximum atomic E-state index is 12.7. The summed E-state index contributed by atoms with van der Waals surface area (Å²) in [6.45, 7) is 8.54. The van der Waals surface area contributed by atoms with E-state index in [1.54, 1.807) is 13.2 Å². The molecule has 0 aromatic heterocycles. The van der Waals surface area contributed by atoms with Crippen LogP contribution in [0.15, 0.2) is 42.0 Å². The van der Waals surface area contributed by atoms with E-state index >= 15 is 0 Å². The summed E-state index contributed by atoms with van der Waals surface area (Å²) >= 11 is 0. The van der Waals surface area contributed by atoms with Gasteiger partial charge in [0.25, 0.3) is 0 Å². The Morgan fingerprint density at radius 3 is 2.56 bits per heavy atom. The summed E-state index contributed by atoms with van der Waals surface area (Å²) in [6, 6.07) is 7.67. The lowest BCUT2D eigenvalue weighted by Crippen LogP contribution is -2.55. The zero-order valence-electron chi connectivity index (χ0n) is 22.5. The molecular formula is C29H41NO6. The van der Waals surface area contributed by atoms with Crippen molar-refractivity contribution in [1.29, 1.82) is 0 Å². The third kappa shape index (κ3) is 6.20. The molecule has 1 unspecified atom stereocenters. The normalized spacial score (nSPS) is 33.1. The fourth-order valence-corrected chi connectivity index (χ4v) is 5.44. The van der Waals surface area contributed by atoms with E-state index in [9.17, 15) is 4.79 Å². The zero-order chi connectivity index (χ0) is 25.9. The zero-order valence-corrected chi connectivity index (χ0v) is 22.5. The molecule has 7 nitrogen and oxygen atoms in total. The van der Waals surface area contributed by atoms with E-state index in [0.29, 0.717) is 19.6 Å². The van der Waals surface area contributed by atoms with Gasteiger partial charge in [0.1, 0.15) is 35.8 Å². The molecule has 2 heterocycles. The average Bonchev–Trinajstić information content (AvgIpc) is 3.75. The first kappa shape index (κ1) is 26.9. The summed E-state index contributed by atoms with van der Waals surface area (Å²) in [7, 11) is 5.72. The molecule has 1 aromatic carbocycles. The predicted octanol–water partition coefficient (Wildman–Crippen LogP) is 4.26. The first-order valence-corrected chi connectivity index (χ1v) is 12.9. The predicted molar refractivity (Wildman–Crippen MR) is 139 cm³/mol. The molecule has 1 aromatic rings. The molecule has 7 heteroatoms. The third-order valence-corrected chi connectivity index (χ3v) is 7.60. The number of likely N-dealkylation sites (N-methyl/N-ethyl adjacent to an activating group) is 1. The van der Waals surface area contributed by atoms with E-state index in [1.165, 1.54) is 11.6 Å². The maximum absolute atomic E-state index is 12.7. The van der Waals surface area contributed by atoms with Crippen molar-refractivity contribution in [3.8, 4) is 5.75 Å². The topological polar surface area (TPSA) is 73.1 Å². The standard InChI is InChI=1S/C29H41NO6/c1-20(2)7-13-24-28(3,36-24)27-26(32-6)23(15-16-29(27)19-34-29)35-25(31)14-10-21-8-11-22(12-9-21)33-18-17-30(4)5/h7-12,14,23-24,26-27H,13,15-19H2,1-6H3/b14-10+/t23-,24-,26-,27?,28+,29+/m1/s1. The Hall–Kier alpha value is -2.19. The Balaban J connectivity index is 1.36. The number of esters is 1. The minimum atomic E-state index is -0.372. The summed E-state index contributed by atoms with van der Waals surface area (Å²) < 4.78 is 29.8. The van der Waals surface area contributed by atoms with Crippen molar-refractivity contribution in [2.45, 2.75) is 69.5 Å². The fourth-order valence-electron chi connectivity index (χ4n) is 5.44. The molecule has 198 valence electrons. The van der Waals surface area contributed by atoms with Gasteiger partial charge in [-0.15, -0.1) is 0 Å². The molecule has 0 N–H and O–H groups in total. The molecule has 1 saturated carbocycles. The van der Waals surface area contributed by atoms with Crippen LogP contribution in [0.25, 0.3) is 6.08 Å². The van der Waals surface area contributed by atoms with Crippen molar-refractivity contribution >= 4 is 12.0 Å². The van der Waals surface area contributed by atoms with E-state index in [2.05, 4.69) is 31.7 Å². The summed E-state index contributed by atoms with van der Waals surface area (Å²) in [5.74, 6) is 0.450. The van der Waals surface area contributed by atoms with Crippen LogP contribution in [0.2, 0.25) is 0 Å². The van der Waals surface area contributed by atoms with Gasteiger partial charge in [-0.05, 0) is 77.9 Å². The molecule has 0 bridgehead atoms. The van der Waals surface area contributed by atoms with Gasteiger partial charge in [-0.25, -0.2) is 4.79 Å². The first-order chi connectivity index (χ1) is 17.2. The van der Waals surface area contributed by atoms with Gasteiger partial charge in [0.05, 0.1) is 18.6 Å². The average molecular weight is 500 g/mol. The van der Waals surface area contributed by atoms with Crippen LogP contribution in [0.3, 0.4) is 0 Å². The lowest BCUT2D eigenvalue weighted by atomic mass is 9.68. The summed E-state index contributed by atoms with van der Waals surface area (Å²) in [4.78, 5) is 14.8. The van der Waals surface area contributed by atoms with Gasteiger partial charge in [0.2, 0.25) is 0 Å². The van der Waals surface area contributed by atoms with Crippen LogP contribution < -0.4 is 4.74 Å². The maximum Gasteiger partial charge on any atom is 0.331 e. The summed E-state index contributed by atoms with van der Waals surface area (Å²) in [5.41, 5.74) is 1.61. The number of carbonyl (C=O) groups is 1. The molecule has 1 aliphatic carbocycles. The molecule has 6 atom stereocenters. The van der Waals surface area contributed by atoms with Gasteiger partial charge in [-0.2, -0.15) is 0 Å². The van der Waals surface area contributed by atoms with Crippen LogP contribution in [0.1, 0.15) is 45.6 Å². The number of rotatable bonds is 11. The molecule has 1 spiro atoms. The van der Waals surface area contributed by atoms with E-state index in [1.807, 2.05) is 38.4 Å². The Labute approximate surface area is 215 Å². The third-order valence-electron chi connectivity index (χ3n) is 7.60. The lowest BCUT2D eigenvalue weighted by molar-refractivity contribution is -0.166. The summed E-state index contributed by atoms with van der Waals surface area (Å²) in [5, 5.41) is 0. The first-order valence-electron chi connectivity index (χ1n) is 12.9. The van der Waals surface area contributed by atoms with Crippen molar-refractivity contribution in [3.63, 3.8) is 0 Å². The molecule has 2 aliphatic heterocycles. The molecule has 36 heavy (non-hydrogen) atoms. The minimum absolute atomic E-state index is 0.0149. The highest BCUT2D eigenvalue weighted by atomic mass is 16.6. The Morgan fingerprint density at radius 2 is 1.94 bits per heavy atom. The number of hydrogen-bond acceptors (Lipinski definition) is 7. The monoisotopic (exact) mass is 499 g/mol. The second-order valence-corrected chi connectivity index (χ2v) is 10.9. The number of ether oxygens (including phenoxy) is 5. The van der Waals surface area contributed by atoms with Crippen LogP contribution in [0.5, 0.6) is 5.75 Å². The second kappa shape index (κ2) is 11.1. The van der Waals surface area contributed by atoms with Crippen molar-refractivity contribution in [2.24, 2.45) is 5.92 Å².